The van der Waals surface area contributed by atoms with Crippen molar-refractivity contribution in [1.29, 1.82) is 0 Å². The van der Waals surface area contributed by atoms with Crippen LogP contribution in [0.5, 0.6) is 0 Å². The number of hydrogen-bond donors (Lipinski definition) is 3. The second kappa shape index (κ2) is 7.76. The van der Waals surface area contributed by atoms with Crippen LogP contribution in [-0.4, -0.2) is 53.7 Å². The van der Waals surface area contributed by atoms with E-state index in [2.05, 4.69) is 41.0 Å². The van der Waals surface area contributed by atoms with Gasteiger partial charge in [-0.15, -0.1) is 5.10 Å². The van der Waals surface area contributed by atoms with Gasteiger partial charge in [0.15, 0.2) is 5.82 Å². The average molecular weight is 447 g/mol. The number of fused-ring (bicyclic) bond motifs is 7. The highest BCUT2D eigenvalue weighted by Crippen LogP contribution is 2.67. The monoisotopic (exact) mass is 446 g/mol. The van der Waals surface area contributed by atoms with Crippen LogP contribution in [0.2, 0.25) is 0 Å². The van der Waals surface area contributed by atoms with Crippen molar-refractivity contribution in [3.05, 3.63) is 5.82 Å². The molecule has 0 radical (unpaired) electrons. The van der Waals surface area contributed by atoms with Gasteiger partial charge in [-0.1, -0.05) is 20.8 Å². The van der Waals surface area contributed by atoms with Crippen LogP contribution < -0.4 is 0 Å². The number of aliphatic hydroxyl groups is 2. The lowest BCUT2D eigenvalue weighted by Gasteiger charge is -2.57. The lowest BCUT2D eigenvalue weighted by molar-refractivity contribution is -0.147. The Morgan fingerprint density at radius 1 is 1.19 bits per heavy atom. The second-order valence-corrected chi connectivity index (χ2v) is 11.8. The Labute approximate surface area is 189 Å². The van der Waals surface area contributed by atoms with Gasteiger partial charge in [0.2, 0.25) is 0 Å². The number of tetrazole rings is 1. The lowest BCUT2D eigenvalue weighted by atomic mass is 9.49. The molecule has 3 N–H and O–H groups in total. The third-order valence-electron chi connectivity index (χ3n) is 10.5. The summed E-state index contributed by atoms with van der Waals surface area (Å²) in [7, 11) is 0. The molecule has 1 aromatic rings. The van der Waals surface area contributed by atoms with E-state index in [0.29, 0.717) is 18.3 Å². The van der Waals surface area contributed by atoms with Gasteiger partial charge in [-0.3, -0.25) is 4.79 Å². The Hall–Kier alpha value is -1.54. The van der Waals surface area contributed by atoms with Crippen molar-refractivity contribution in [1.82, 2.24) is 20.2 Å². The van der Waals surface area contributed by atoms with Gasteiger partial charge in [0.05, 0.1) is 18.2 Å². The summed E-state index contributed by atoms with van der Waals surface area (Å²) in [6.45, 7) is 6.78. The van der Waals surface area contributed by atoms with Crippen molar-refractivity contribution in [3.8, 4) is 0 Å². The number of carboxylic acid groups (broad SMARTS) is 1. The first kappa shape index (κ1) is 22.3. The van der Waals surface area contributed by atoms with Gasteiger partial charge in [0.1, 0.15) is 0 Å². The molecule has 5 rings (SSSR count). The number of rotatable bonds is 4. The minimum Gasteiger partial charge on any atom is -0.481 e. The van der Waals surface area contributed by atoms with Crippen LogP contribution in [0.1, 0.15) is 84.0 Å². The first-order chi connectivity index (χ1) is 15.2. The maximum absolute atomic E-state index is 11.7. The molecule has 10 atom stereocenters. The molecule has 3 saturated carbocycles. The zero-order chi connectivity index (χ0) is 22.8. The Morgan fingerprint density at radius 3 is 2.72 bits per heavy atom. The van der Waals surface area contributed by atoms with Crippen LogP contribution in [-0.2, 0) is 11.2 Å². The lowest BCUT2D eigenvalue weighted by Crippen LogP contribution is -2.56. The van der Waals surface area contributed by atoms with Crippen molar-refractivity contribution >= 4 is 5.97 Å². The number of hydrogen-bond acceptors (Lipinski definition) is 6. The SMILES string of the molecule is C[C@H](CCC(=O)O)[C@H]1CC[C@H]2[C@H]3[C@H](C[C@H](O)[C@]12C)[C@@]1(C)CC[C@@H](O)C[C@H]1Cc1nnnn13. The first-order valence-electron chi connectivity index (χ1n) is 12.5. The van der Waals surface area contributed by atoms with Crippen LogP contribution in [0.3, 0.4) is 0 Å². The van der Waals surface area contributed by atoms with E-state index in [1.807, 2.05) is 0 Å². The summed E-state index contributed by atoms with van der Waals surface area (Å²) in [5, 5.41) is 44.3. The van der Waals surface area contributed by atoms with Gasteiger partial charge >= 0.3 is 5.97 Å². The van der Waals surface area contributed by atoms with Crippen LogP contribution >= 0.6 is 0 Å². The van der Waals surface area contributed by atoms with E-state index in [4.69, 9.17) is 0 Å². The predicted molar refractivity (Wildman–Crippen MR) is 116 cm³/mol. The molecule has 0 amide bonds. The first-order valence-corrected chi connectivity index (χ1v) is 12.5. The Balaban J connectivity index is 1.53. The topological polar surface area (TPSA) is 121 Å². The summed E-state index contributed by atoms with van der Waals surface area (Å²) < 4.78 is 2.08. The quantitative estimate of drug-likeness (QED) is 0.650. The Kier molecular flexibility index (Phi) is 5.40. The van der Waals surface area contributed by atoms with Crippen molar-refractivity contribution in [3.63, 3.8) is 0 Å². The van der Waals surface area contributed by atoms with Crippen LogP contribution in [0.4, 0.5) is 0 Å². The summed E-state index contributed by atoms with van der Waals surface area (Å²) in [6.07, 6.45) is 6.24. The fourth-order valence-corrected chi connectivity index (χ4v) is 8.65. The average Bonchev–Trinajstić information content (AvgIpc) is 3.32. The molecule has 178 valence electrons. The second-order valence-electron chi connectivity index (χ2n) is 11.8. The molecule has 1 aliphatic heterocycles. The molecule has 8 nitrogen and oxygen atoms in total. The molecule has 0 spiro atoms. The summed E-state index contributed by atoms with van der Waals surface area (Å²) in [5.74, 6) is 1.56. The van der Waals surface area contributed by atoms with Gasteiger partial charge in [-0.2, -0.15) is 0 Å². The standard InChI is InChI=1S/C24H38N4O4/c1-13(4-7-21(31)32)16-5-6-17-22-18(12-19(30)24(16,17)3)23(2)9-8-15(29)10-14(23)11-20-25-26-27-28(20)22/h13-19,22,29-30H,4-12H2,1-3H3,(H,31,32)/t13-,14+,15-,16-,17+,18+,19+,22+,23+,24-/m1/s1. The molecular weight excluding hydrogens is 408 g/mol. The molecule has 0 unspecified atom stereocenters. The van der Waals surface area contributed by atoms with E-state index >= 15 is 0 Å². The molecule has 8 heteroatoms. The normalized spacial score (nSPS) is 46.3. The number of aliphatic carboxylic acids is 1. The molecule has 1 aromatic heterocycles. The summed E-state index contributed by atoms with van der Waals surface area (Å²) in [6, 6.07) is 0.148. The van der Waals surface area contributed by atoms with Crippen LogP contribution in [0.15, 0.2) is 0 Å². The number of carboxylic acids is 1. The zero-order valence-electron chi connectivity index (χ0n) is 19.5. The van der Waals surface area contributed by atoms with Crippen molar-refractivity contribution in [2.24, 2.45) is 40.4 Å². The third kappa shape index (κ3) is 3.16. The number of aliphatic hydroxyl groups excluding tert-OH is 2. The molecular formula is C24H38N4O4. The van der Waals surface area contributed by atoms with Gasteiger partial charge in [-0.05, 0) is 90.4 Å². The van der Waals surface area contributed by atoms with E-state index < -0.39 is 12.1 Å². The molecule has 4 aliphatic rings. The summed E-state index contributed by atoms with van der Waals surface area (Å²) >= 11 is 0. The Morgan fingerprint density at radius 2 is 1.97 bits per heavy atom. The zero-order valence-corrected chi connectivity index (χ0v) is 19.5. The number of carbonyl (C=O) groups is 1. The molecule has 3 fully saturated rings. The van der Waals surface area contributed by atoms with Gasteiger partial charge < -0.3 is 15.3 Å². The highest BCUT2D eigenvalue weighted by atomic mass is 16.4. The maximum atomic E-state index is 11.7. The molecule has 0 bridgehead atoms. The Bertz CT molecular complexity index is 876. The molecule has 3 aliphatic carbocycles. The van der Waals surface area contributed by atoms with Crippen molar-refractivity contribution < 1.29 is 20.1 Å². The van der Waals surface area contributed by atoms with E-state index in [1.54, 1.807) is 0 Å². The predicted octanol–water partition coefficient (Wildman–Crippen LogP) is 2.85. The minimum absolute atomic E-state index is 0.0294. The fraction of sp³-hybridized carbons (Fsp3) is 0.917. The van der Waals surface area contributed by atoms with Crippen LogP contribution in [0.25, 0.3) is 0 Å². The smallest absolute Gasteiger partial charge is 0.303 e. The van der Waals surface area contributed by atoms with Gasteiger partial charge in [0.25, 0.3) is 0 Å². The van der Waals surface area contributed by atoms with E-state index in [1.165, 1.54) is 0 Å². The summed E-state index contributed by atoms with van der Waals surface area (Å²) in [4.78, 5) is 11.2. The molecule has 32 heavy (non-hydrogen) atoms. The molecule has 2 heterocycles. The van der Waals surface area contributed by atoms with Crippen LogP contribution in [0, 0.1) is 40.4 Å². The molecule has 0 aromatic carbocycles. The van der Waals surface area contributed by atoms with E-state index in [9.17, 15) is 20.1 Å². The number of aromatic nitrogens is 4. The van der Waals surface area contributed by atoms with Gasteiger partial charge in [0, 0.05) is 18.3 Å². The fourth-order valence-electron chi connectivity index (χ4n) is 8.65. The summed E-state index contributed by atoms with van der Waals surface area (Å²) in [5.41, 5.74) is -0.242. The number of nitrogens with zero attached hydrogens (tertiary/aromatic N) is 4. The largest absolute Gasteiger partial charge is 0.481 e. The minimum atomic E-state index is -0.749. The highest BCUT2D eigenvalue weighted by Gasteiger charge is 2.64. The highest BCUT2D eigenvalue weighted by molar-refractivity contribution is 5.66. The third-order valence-corrected chi connectivity index (χ3v) is 10.5. The van der Waals surface area contributed by atoms with E-state index in [-0.39, 0.29) is 47.2 Å². The van der Waals surface area contributed by atoms with Crippen molar-refractivity contribution in [2.45, 2.75) is 96.8 Å². The molecule has 0 saturated heterocycles. The van der Waals surface area contributed by atoms with Crippen molar-refractivity contribution in [2.75, 3.05) is 0 Å². The maximum Gasteiger partial charge on any atom is 0.303 e. The van der Waals surface area contributed by atoms with E-state index in [0.717, 1.165) is 50.8 Å². The van der Waals surface area contributed by atoms with Gasteiger partial charge in [-0.25, -0.2) is 4.68 Å².